The third kappa shape index (κ3) is 2.64. The van der Waals surface area contributed by atoms with Crippen molar-refractivity contribution in [3.8, 4) is 0 Å². The van der Waals surface area contributed by atoms with Gasteiger partial charge in [0, 0.05) is 30.2 Å². The van der Waals surface area contributed by atoms with Gasteiger partial charge in [-0.2, -0.15) is 0 Å². The van der Waals surface area contributed by atoms with Crippen LogP contribution >= 0.6 is 0 Å². The molecule has 6 heteroatoms. The van der Waals surface area contributed by atoms with Crippen LogP contribution in [0.5, 0.6) is 0 Å². The van der Waals surface area contributed by atoms with E-state index >= 15 is 0 Å². The van der Waals surface area contributed by atoms with Crippen molar-refractivity contribution in [2.24, 2.45) is 11.6 Å². The van der Waals surface area contributed by atoms with E-state index in [1.807, 2.05) is 0 Å². The van der Waals surface area contributed by atoms with Crippen LogP contribution in [0.25, 0.3) is 0 Å². The molecule has 0 aliphatic rings. The highest BCUT2D eigenvalue weighted by atomic mass is 15.4. The summed E-state index contributed by atoms with van der Waals surface area (Å²) in [5.41, 5.74) is 18.8. The first-order valence-electron chi connectivity index (χ1n) is 4.61. The van der Waals surface area contributed by atoms with Crippen LogP contribution in [0.2, 0.25) is 0 Å². The molecule has 0 unspecified atom stereocenters. The van der Waals surface area contributed by atoms with Crippen molar-refractivity contribution < 1.29 is 0 Å². The molecule has 0 heterocycles. The Morgan fingerprint density at radius 2 is 2.00 bits per heavy atom. The summed E-state index contributed by atoms with van der Waals surface area (Å²) in [6.45, 7) is 0. The molecule has 1 aromatic carbocycles. The van der Waals surface area contributed by atoms with Crippen molar-refractivity contribution in [3.05, 3.63) is 35.7 Å². The molecule has 9 N–H and O–H groups in total. The number of nitrogens with one attached hydrogen (secondary N) is 1. The standard InChI is InChI=1S/C10H16N6/c1-16(15)5-9(13)10(14)7-4-6(11)2-3-8(7)12/h2-5,14H,11-13,15H2,1H3/b9-5-,14-10?. The van der Waals surface area contributed by atoms with E-state index in [9.17, 15) is 0 Å². The third-order valence-electron chi connectivity index (χ3n) is 1.98. The van der Waals surface area contributed by atoms with Crippen LogP contribution in [-0.4, -0.2) is 17.8 Å². The van der Waals surface area contributed by atoms with Crippen LogP contribution < -0.4 is 23.0 Å². The Bertz CT molecular complexity index is 435. The molecule has 16 heavy (non-hydrogen) atoms. The predicted octanol–water partition coefficient (Wildman–Crippen LogP) is -0.176. The molecular weight excluding hydrogens is 204 g/mol. The monoisotopic (exact) mass is 220 g/mol. The molecule has 0 radical (unpaired) electrons. The Labute approximate surface area is 94.0 Å². The first-order chi connectivity index (χ1) is 7.41. The van der Waals surface area contributed by atoms with Gasteiger partial charge in [-0.3, -0.25) is 5.41 Å². The van der Waals surface area contributed by atoms with Gasteiger partial charge in [0.1, 0.15) is 0 Å². The molecule has 0 fully saturated rings. The Morgan fingerprint density at radius 3 is 2.56 bits per heavy atom. The molecule has 0 aliphatic heterocycles. The van der Waals surface area contributed by atoms with Gasteiger partial charge in [-0.15, -0.1) is 0 Å². The number of rotatable bonds is 3. The minimum atomic E-state index is 0.0992. The second kappa shape index (κ2) is 4.54. The number of hydrogen-bond acceptors (Lipinski definition) is 6. The number of nitrogens with two attached hydrogens (primary N) is 4. The minimum absolute atomic E-state index is 0.0992. The second-order valence-electron chi connectivity index (χ2n) is 3.47. The quantitative estimate of drug-likeness (QED) is 0.209. The molecule has 6 nitrogen and oxygen atoms in total. The summed E-state index contributed by atoms with van der Waals surface area (Å²) < 4.78 is 0. The number of benzene rings is 1. The van der Waals surface area contributed by atoms with Crippen LogP contribution in [0.3, 0.4) is 0 Å². The summed E-state index contributed by atoms with van der Waals surface area (Å²) in [7, 11) is 1.61. The molecule has 0 spiro atoms. The van der Waals surface area contributed by atoms with Gasteiger partial charge < -0.3 is 22.2 Å². The van der Waals surface area contributed by atoms with Crippen LogP contribution in [0.1, 0.15) is 5.56 Å². The summed E-state index contributed by atoms with van der Waals surface area (Å²) in [6, 6.07) is 4.91. The number of nitrogens with zero attached hydrogens (tertiary/aromatic N) is 1. The van der Waals surface area contributed by atoms with Crippen LogP contribution in [0.15, 0.2) is 30.1 Å². The lowest BCUT2D eigenvalue weighted by Crippen LogP contribution is -2.24. The van der Waals surface area contributed by atoms with E-state index in [2.05, 4.69) is 0 Å². The summed E-state index contributed by atoms with van der Waals surface area (Å²) in [6.07, 6.45) is 1.44. The number of nitrogen functional groups attached to an aromatic ring is 2. The zero-order chi connectivity index (χ0) is 12.3. The van der Waals surface area contributed by atoms with Gasteiger partial charge in [0.25, 0.3) is 0 Å². The largest absolute Gasteiger partial charge is 0.399 e. The fraction of sp³-hybridized carbons (Fsp3) is 0.100. The summed E-state index contributed by atoms with van der Waals surface area (Å²) in [4.78, 5) is 0. The second-order valence-corrected chi connectivity index (χ2v) is 3.47. The highest BCUT2D eigenvalue weighted by Gasteiger charge is 2.09. The van der Waals surface area contributed by atoms with Gasteiger partial charge in [0.15, 0.2) is 0 Å². The van der Waals surface area contributed by atoms with Crippen LogP contribution in [0.4, 0.5) is 11.4 Å². The van der Waals surface area contributed by atoms with E-state index in [-0.39, 0.29) is 11.4 Å². The number of hydrogen-bond donors (Lipinski definition) is 5. The highest BCUT2D eigenvalue weighted by molar-refractivity contribution is 6.13. The molecule has 0 saturated carbocycles. The fourth-order valence-corrected chi connectivity index (χ4v) is 1.23. The predicted molar refractivity (Wildman–Crippen MR) is 66.3 cm³/mol. The van der Waals surface area contributed by atoms with E-state index in [0.29, 0.717) is 16.9 Å². The zero-order valence-corrected chi connectivity index (χ0v) is 9.07. The molecular formula is C10H16N6. The van der Waals surface area contributed by atoms with Crippen molar-refractivity contribution in [2.45, 2.75) is 0 Å². The number of anilines is 2. The van der Waals surface area contributed by atoms with Gasteiger partial charge in [-0.05, 0) is 18.2 Å². The van der Waals surface area contributed by atoms with Gasteiger partial charge in [-0.1, -0.05) is 0 Å². The molecule has 0 aliphatic carbocycles. The maximum Gasteiger partial charge on any atom is 0.0878 e. The maximum atomic E-state index is 7.86. The summed E-state index contributed by atoms with van der Waals surface area (Å²) in [5, 5.41) is 9.13. The Hall–Kier alpha value is -2.21. The van der Waals surface area contributed by atoms with Crippen LogP contribution in [-0.2, 0) is 0 Å². The first kappa shape index (κ1) is 11.9. The SMILES string of the molecule is CN(N)/C=C(\N)C(=N)c1cc(N)ccc1N. The maximum absolute atomic E-state index is 7.86. The highest BCUT2D eigenvalue weighted by Crippen LogP contribution is 2.17. The van der Waals surface area contributed by atoms with E-state index in [4.69, 9.17) is 28.5 Å². The fourth-order valence-electron chi connectivity index (χ4n) is 1.23. The average Bonchev–Trinajstić information content (AvgIpc) is 2.19. The first-order valence-corrected chi connectivity index (χ1v) is 4.61. The smallest absolute Gasteiger partial charge is 0.0878 e. The Balaban J connectivity index is 3.10. The van der Waals surface area contributed by atoms with Gasteiger partial charge in [0.2, 0.25) is 0 Å². The third-order valence-corrected chi connectivity index (χ3v) is 1.98. The number of hydrazine groups is 1. The van der Waals surface area contributed by atoms with E-state index < -0.39 is 0 Å². The molecule has 86 valence electrons. The van der Waals surface area contributed by atoms with Crippen molar-refractivity contribution in [1.29, 1.82) is 5.41 Å². The molecule has 0 atom stereocenters. The van der Waals surface area contributed by atoms with E-state index in [1.165, 1.54) is 11.2 Å². The van der Waals surface area contributed by atoms with Crippen LogP contribution in [0, 0.1) is 5.41 Å². The van der Waals surface area contributed by atoms with Crippen molar-refractivity contribution >= 4 is 17.1 Å². The van der Waals surface area contributed by atoms with E-state index in [1.54, 1.807) is 25.2 Å². The van der Waals surface area contributed by atoms with E-state index in [0.717, 1.165) is 0 Å². The van der Waals surface area contributed by atoms with Crippen molar-refractivity contribution in [1.82, 2.24) is 5.01 Å². The van der Waals surface area contributed by atoms with Gasteiger partial charge >= 0.3 is 0 Å². The summed E-state index contributed by atoms with van der Waals surface area (Å²) >= 11 is 0. The van der Waals surface area contributed by atoms with Gasteiger partial charge in [0.05, 0.1) is 11.4 Å². The molecule has 1 aromatic rings. The lowest BCUT2D eigenvalue weighted by molar-refractivity contribution is 0.482. The lowest BCUT2D eigenvalue weighted by atomic mass is 10.1. The van der Waals surface area contributed by atoms with Gasteiger partial charge in [-0.25, -0.2) is 5.84 Å². The topological polar surface area (TPSA) is 131 Å². The van der Waals surface area contributed by atoms with Crippen molar-refractivity contribution in [2.75, 3.05) is 18.5 Å². The molecule has 0 amide bonds. The minimum Gasteiger partial charge on any atom is -0.399 e. The normalized spacial score (nSPS) is 11.2. The molecule has 1 rings (SSSR count). The Kier molecular flexibility index (Phi) is 3.37. The average molecular weight is 220 g/mol. The van der Waals surface area contributed by atoms with Crippen molar-refractivity contribution in [3.63, 3.8) is 0 Å². The molecule has 0 saturated heterocycles. The summed E-state index contributed by atoms with van der Waals surface area (Å²) in [5.74, 6) is 5.40. The zero-order valence-electron chi connectivity index (χ0n) is 9.07. The number of allylic oxidation sites excluding steroid dienone is 1. The molecule has 0 aromatic heterocycles. The molecule has 0 bridgehead atoms. The Morgan fingerprint density at radius 1 is 1.38 bits per heavy atom. The lowest BCUT2D eigenvalue weighted by Gasteiger charge is -2.11.